The van der Waals surface area contributed by atoms with Crippen LogP contribution in [0.3, 0.4) is 0 Å². The first-order valence-corrected chi connectivity index (χ1v) is 6.11. The number of hydrogen-bond acceptors (Lipinski definition) is 4. The van der Waals surface area contributed by atoms with Gasteiger partial charge in [0.15, 0.2) is 5.58 Å². The van der Waals surface area contributed by atoms with Crippen molar-refractivity contribution in [2.75, 3.05) is 13.1 Å². The third-order valence-electron chi connectivity index (χ3n) is 2.93. The van der Waals surface area contributed by atoms with E-state index in [1.165, 1.54) is 4.57 Å². The number of likely N-dealkylation sites (N-methyl/N-ethyl adjacent to an activating group) is 1. The molecule has 0 radical (unpaired) electrons. The molecular formula is C13H14N2O5. The minimum atomic E-state index is -1.09. The number of fused-ring (bicyclic) bond motifs is 1. The Morgan fingerprint density at radius 1 is 1.35 bits per heavy atom. The molecule has 0 atom stereocenters. The zero-order valence-electron chi connectivity index (χ0n) is 10.9. The predicted molar refractivity (Wildman–Crippen MR) is 70.4 cm³/mol. The summed E-state index contributed by atoms with van der Waals surface area (Å²) < 4.78 is 6.21. The fraction of sp³-hybridized carbons (Fsp3) is 0.308. The average molecular weight is 278 g/mol. The van der Waals surface area contributed by atoms with E-state index in [1.54, 1.807) is 31.2 Å². The van der Waals surface area contributed by atoms with E-state index in [-0.39, 0.29) is 19.6 Å². The van der Waals surface area contributed by atoms with Crippen LogP contribution in [0.2, 0.25) is 0 Å². The van der Waals surface area contributed by atoms with Gasteiger partial charge in [-0.15, -0.1) is 0 Å². The summed E-state index contributed by atoms with van der Waals surface area (Å²) in [7, 11) is 0. The lowest BCUT2D eigenvalue weighted by Crippen LogP contribution is -2.38. The first-order valence-electron chi connectivity index (χ1n) is 6.11. The van der Waals surface area contributed by atoms with Gasteiger partial charge in [-0.05, 0) is 19.1 Å². The fourth-order valence-electron chi connectivity index (χ4n) is 1.94. The second-order valence-electron chi connectivity index (χ2n) is 4.22. The molecule has 1 N–H and O–H groups in total. The summed E-state index contributed by atoms with van der Waals surface area (Å²) in [6, 6.07) is 6.75. The third kappa shape index (κ3) is 2.71. The predicted octanol–water partition coefficient (Wildman–Crippen LogP) is 0.528. The Labute approximate surface area is 114 Å². The summed E-state index contributed by atoms with van der Waals surface area (Å²) >= 11 is 0. The number of oxazole rings is 1. The van der Waals surface area contributed by atoms with E-state index in [2.05, 4.69) is 0 Å². The standard InChI is InChI=1S/C13H14N2O5/c1-2-14(8-12(17)18)11(16)7-15-9-5-3-4-6-10(9)20-13(15)19/h3-6H,2,7-8H2,1H3,(H,17,18). The van der Waals surface area contributed by atoms with Crippen molar-refractivity contribution in [2.24, 2.45) is 0 Å². The second kappa shape index (κ2) is 5.60. The number of para-hydroxylation sites is 2. The van der Waals surface area contributed by atoms with Crippen molar-refractivity contribution in [3.05, 3.63) is 34.8 Å². The molecule has 7 nitrogen and oxygen atoms in total. The first-order chi connectivity index (χ1) is 9.52. The lowest BCUT2D eigenvalue weighted by Gasteiger charge is -2.18. The van der Waals surface area contributed by atoms with Crippen LogP contribution < -0.4 is 5.76 Å². The van der Waals surface area contributed by atoms with Crippen LogP contribution in [-0.4, -0.2) is 39.5 Å². The Balaban J connectivity index is 2.27. The minimum absolute atomic E-state index is 0.239. The van der Waals surface area contributed by atoms with Crippen LogP contribution >= 0.6 is 0 Å². The molecule has 0 saturated carbocycles. The Bertz CT molecular complexity index is 700. The van der Waals surface area contributed by atoms with Crippen LogP contribution in [0.1, 0.15) is 6.92 Å². The highest BCUT2D eigenvalue weighted by Gasteiger charge is 2.18. The number of benzene rings is 1. The Kier molecular flexibility index (Phi) is 3.88. The molecule has 1 aromatic carbocycles. The van der Waals surface area contributed by atoms with Crippen molar-refractivity contribution in [3.8, 4) is 0 Å². The van der Waals surface area contributed by atoms with Gasteiger partial charge in [-0.3, -0.25) is 14.2 Å². The highest BCUT2D eigenvalue weighted by molar-refractivity contribution is 5.82. The maximum atomic E-state index is 12.0. The van der Waals surface area contributed by atoms with Crippen LogP contribution in [-0.2, 0) is 16.1 Å². The van der Waals surface area contributed by atoms with Gasteiger partial charge in [0, 0.05) is 6.54 Å². The van der Waals surface area contributed by atoms with Gasteiger partial charge in [-0.2, -0.15) is 0 Å². The highest BCUT2D eigenvalue weighted by atomic mass is 16.4. The number of amides is 1. The maximum Gasteiger partial charge on any atom is 0.420 e. The smallest absolute Gasteiger partial charge is 0.420 e. The SMILES string of the molecule is CCN(CC(=O)O)C(=O)Cn1c(=O)oc2ccccc21. The van der Waals surface area contributed by atoms with Gasteiger partial charge < -0.3 is 14.4 Å². The topological polar surface area (TPSA) is 92.8 Å². The summed E-state index contributed by atoms with van der Waals surface area (Å²) in [5.74, 6) is -2.17. The molecule has 1 aromatic heterocycles. The minimum Gasteiger partial charge on any atom is -0.480 e. The van der Waals surface area contributed by atoms with E-state index in [0.717, 1.165) is 4.90 Å². The first kappa shape index (κ1) is 13.9. The molecule has 0 fully saturated rings. The maximum absolute atomic E-state index is 12.0. The van der Waals surface area contributed by atoms with Crippen molar-refractivity contribution in [3.63, 3.8) is 0 Å². The molecule has 0 aliphatic rings. The molecule has 1 amide bonds. The van der Waals surface area contributed by atoms with E-state index in [4.69, 9.17) is 9.52 Å². The van der Waals surface area contributed by atoms with E-state index >= 15 is 0 Å². The molecule has 20 heavy (non-hydrogen) atoms. The molecule has 0 aliphatic carbocycles. The van der Waals surface area contributed by atoms with Crippen molar-refractivity contribution in [2.45, 2.75) is 13.5 Å². The Morgan fingerprint density at radius 2 is 2.05 bits per heavy atom. The largest absolute Gasteiger partial charge is 0.480 e. The molecule has 7 heteroatoms. The molecule has 106 valence electrons. The summed E-state index contributed by atoms with van der Waals surface area (Å²) in [6.07, 6.45) is 0. The fourth-order valence-corrected chi connectivity index (χ4v) is 1.94. The summed E-state index contributed by atoms with van der Waals surface area (Å²) in [5, 5.41) is 8.74. The normalized spacial score (nSPS) is 10.7. The van der Waals surface area contributed by atoms with Gasteiger partial charge in [0.05, 0.1) is 5.52 Å². The second-order valence-corrected chi connectivity index (χ2v) is 4.22. The number of hydrogen-bond donors (Lipinski definition) is 1. The van der Waals surface area contributed by atoms with Gasteiger partial charge in [0.1, 0.15) is 13.1 Å². The summed E-state index contributed by atoms with van der Waals surface area (Å²) in [5.41, 5.74) is 0.906. The molecule has 2 aromatic rings. The number of nitrogens with zero attached hydrogens (tertiary/aromatic N) is 2. The van der Waals surface area contributed by atoms with Crippen LogP contribution in [0.25, 0.3) is 11.1 Å². The zero-order valence-corrected chi connectivity index (χ0v) is 10.9. The van der Waals surface area contributed by atoms with Crippen LogP contribution in [0, 0.1) is 0 Å². The molecule has 0 unspecified atom stereocenters. The zero-order chi connectivity index (χ0) is 14.7. The van der Waals surface area contributed by atoms with Gasteiger partial charge in [0.25, 0.3) is 0 Å². The number of carbonyl (C=O) groups excluding carboxylic acids is 1. The van der Waals surface area contributed by atoms with E-state index in [1.807, 2.05) is 0 Å². The number of carboxylic acids is 1. The quantitative estimate of drug-likeness (QED) is 0.861. The van der Waals surface area contributed by atoms with Gasteiger partial charge in [0.2, 0.25) is 5.91 Å². The summed E-state index contributed by atoms with van der Waals surface area (Å²) in [4.78, 5) is 35.6. The van der Waals surface area contributed by atoms with Crippen LogP contribution in [0.5, 0.6) is 0 Å². The van der Waals surface area contributed by atoms with E-state index in [0.29, 0.717) is 11.1 Å². The van der Waals surface area contributed by atoms with Crippen molar-refractivity contribution in [1.82, 2.24) is 9.47 Å². The lowest BCUT2D eigenvalue weighted by molar-refractivity contribution is -0.144. The molecular weight excluding hydrogens is 264 g/mol. The van der Waals surface area contributed by atoms with E-state index in [9.17, 15) is 14.4 Å². The van der Waals surface area contributed by atoms with Gasteiger partial charge in [-0.25, -0.2) is 4.79 Å². The van der Waals surface area contributed by atoms with Crippen molar-refractivity contribution >= 4 is 23.0 Å². The molecule has 0 spiro atoms. The molecule has 1 heterocycles. The molecule has 0 aliphatic heterocycles. The van der Waals surface area contributed by atoms with Crippen molar-refractivity contribution in [1.29, 1.82) is 0 Å². The summed E-state index contributed by atoms with van der Waals surface area (Å²) in [6.45, 7) is 1.31. The molecule has 2 rings (SSSR count). The number of aliphatic carboxylic acids is 1. The van der Waals surface area contributed by atoms with Crippen LogP contribution in [0.4, 0.5) is 0 Å². The highest BCUT2D eigenvalue weighted by Crippen LogP contribution is 2.11. The monoisotopic (exact) mass is 278 g/mol. The third-order valence-corrected chi connectivity index (χ3v) is 2.93. The molecule has 0 bridgehead atoms. The van der Waals surface area contributed by atoms with Gasteiger partial charge in [-0.1, -0.05) is 12.1 Å². The van der Waals surface area contributed by atoms with Crippen LogP contribution in [0.15, 0.2) is 33.5 Å². The van der Waals surface area contributed by atoms with E-state index < -0.39 is 17.6 Å². The van der Waals surface area contributed by atoms with Crippen molar-refractivity contribution < 1.29 is 19.1 Å². The Morgan fingerprint density at radius 3 is 2.70 bits per heavy atom. The average Bonchev–Trinajstić information content (AvgIpc) is 2.72. The Hall–Kier alpha value is -2.57. The number of carboxylic acid groups (broad SMARTS) is 1. The number of rotatable bonds is 5. The lowest BCUT2D eigenvalue weighted by atomic mass is 10.3. The van der Waals surface area contributed by atoms with Gasteiger partial charge >= 0.3 is 11.7 Å². The number of carbonyl (C=O) groups is 2. The molecule has 0 saturated heterocycles. The number of aromatic nitrogens is 1.